The summed E-state index contributed by atoms with van der Waals surface area (Å²) < 4.78 is 5.27. The first-order chi connectivity index (χ1) is 8.74. The van der Waals surface area contributed by atoms with Crippen molar-refractivity contribution in [1.82, 2.24) is 9.97 Å². The van der Waals surface area contributed by atoms with Gasteiger partial charge in [0.15, 0.2) is 5.65 Å². The van der Waals surface area contributed by atoms with Crippen LogP contribution in [0.4, 0.5) is 0 Å². The number of aromatic nitrogens is 2. The first kappa shape index (κ1) is 11.4. The van der Waals surface area contributed by atoms with Gasteiger partial charge >= 0.3 is 0 Å². The fourth-order valence-electron chi connectivity index (χ4n) is 1.98. The van der Waals surface area contributed by atoms with E-state index >= 15 is 0 Å². The van der Waals surface area contributed by atoms with Crippen LogP contribution < -0.4 is 0 Å². The fraction of sp³-hybridized carbons (Fsp3) is 0.231. The number of ether oxygens (including phenoxy) is 1. The average Bonchev–Trinajstić information content (AvgIpc) is 2.39. The number of halogens is 1. The molecule has 0 unspecified atom stereocenters. The van der Waals surface area contributed by atoms with Crippen molar-refractivity contribution in [3.63, 3.8) is 0 Å². The zero-order valence-corrected chi connectivity index (χ0v) is 10.3. The standard InChI is InChI=1S/C13H11ClN2O2/c14-10-7-11(8-3-5-18-6-4-8)15-13-9(10)1-2-12(17)16-13/h1-3,7H,4-6H2,(H,15,16,17). The summed E-state index contributed by atoms with van der Waals surface area (Å²) in [5, 5.41) is 10.7. The van der Waals surface area contributed by atoms with Gasteiger partial charge in [0.25, 0.3) is 0 Å². The topological polar surface area (TPSA) is 55.2 Å². The first-order valence-corrected chi connectivity index (χ1v) is 6.05. The number of nitrogens with zero attached hydrogens (tertiary/aromatic N) is 2. The number of aromatic hydroxyl groups is 1. The molecule has 4 nitrogen and oxygen atoms in total. The predicted octanol–water partition coefficient (Wildman–Crippen LogP) is 2.79. The Balaban J connectivity index is 2.16. The number of fused-ring (bicyclic) bond motifs is 1. The van der Waals surface area contributed by atoms with Crippen molar-refractivity contribution in [3.05, 3.63) is 35.0 Å². The molecule has 0 radical (unpaired) electrons. The summed E-state index contributed by atoms with van der Waals surface area (Å²) in [4.78, 5) is 8.43. The van der Waals surface area contributed by atoms with Crippen molar-refractivity contribution in [2.45, 2.75) is 6.42 Å². The lowest BCUT2D eigenvalue weighted by Crippen LogP contribution is -2.05. The molecule has 3 rings (SSSR count). The van der Waals surface area contributed by atoms with Crippen molar-refractivity contribution < 1.29 is 9.84 Å². The third kappa shape index (κ3) is 2.05. The van der Waals surface area contributed by atoms with Crippen LogP contribution in [0.3, 0.4) is 0 Å². The minimum atomic E-state index is -0.0517. The normalized spacial score (nSPS) is 15.7. The van der Waals surface area contributed by atoms with Crippen LogP contribution in [0.2, 0.25) is 5.02 Å². The quantitative estimate of drug-likeness (QED) is 0.859. The molecule has 3 heterocycles. The van der Waals surface area contributed by atoms with E-state index in [9.17, 15) is 5.11 Å². The molecule has 0 saturated heterocycles. The minimum absolute atomic E-state index is 0.0517. The maximum absolute atomic E-state index is 9.39. The van der Waals surface area contributed by atoms with Crippen LogP contribution in [-0.4, -0.2) is 28.3 Å². The molecule has 92 valence electrons. The van der Waals surface area contributed by atoms with Gasteiger partial charge in [0, 0.05) is 11.5 Å². The van der Waals surface area contributed by atoms with Gasteiger partial charge in [-0.1, -0.05) is 17.7 Å². The molecule has 0 bridgehead atoms. The molecule has 5 heteroatoms. The van der Waals surface area contributed by atoms with Gasteiger partial charge in [-0.05, 0) is 24.1 Å². The number of hydrogen-bond acceptors (Lipinski definition) is 4. The van der Waals surface area contributed by atoms with Gasteiger partial charge in [-0.15, -0.1) is 0 Å². The average molecular weight is 263 g/mol. The molecule has 1 aliphatic rings. The van der Waals surface area contributed by atoms with Gasteiger partial charge in [0.1, 0.15) is 0 Å². The highest BCUT2D eigenvalue weighted by molar-refractivity contribution is 6.35. The molecule has 1 N–H and O–H groups in total. The van der Waals surface area contributed by atoms with Gasteiger partial charge < -0.3 is 9.84 Å². The van der Waals surface area contributed by atoms with Crippen LogP contribution in [-0.2, 0) is 4.74 Å². The van der Waals surface area contributed by atoms with Crippen LogP contribution in [0.25, 0.3) is 16.6 Å². The largest absolute Gasteiger partial charge is 0.493 e. The molecule has 2 aromatic rings. The third-order valence-corrected chi connectivity index (χ3v) is 3.21. The molecule has 18 heavy (non-hydrogen) atoms. The van der Waals surface area contributed by atoms with Crippen LogP contribution in [0.5, 0.6) is 5.88 Å². The summed E-state index contributed by atoms with van der Waals surface area (Å²) in [5.74, 6) is -0.0517. The van der Waals surface area contributed by atoms with Crippen LogP contribution in [0.1, 0.15) is 12.1 Å². The van der Waals surface area contributed by atoms with Gasteiger partial charge in [-0.2, -0.15) is 4.98 Å². The maximum atomic E-state index is 9.39. The molecular weight excluding hydrogens is 252 g/mol. The van der Waals surface area contributed by atoms with Gasteiger partial charge in [-0.25, -0.2) is 4.98 Å². The number of hydrogen-bond donors (Lipinski definition) is 1. The Labute approximate surface area is 109 Å². The first-order valence-electron chi connectivity index (χ1n) is 5.67. The molecule has 0 aromatic carbocycles. The van der Waals surface area contributed by atoms with Crippen molar-refractivity contribution in [2.75, 3.05) is 13.2 Å². The Morgan fingerprint density at radius 2 is 2.17 bits per heavy atom. The summed E-state index contributed by atoms with van der Waals surface area (Å²) in [6, 6.07) is 5.05. The third-order valence-electron chi connectivity index (χ3n) is 2.90. The Kier molecular flexibility index (Phi) is 2.89. The van der Waals surface area contributed by atoms with Gasteiger partial charge in [-0.3, -0.25) is 0 Å². The lowest BCUT2D eigenvalue weighted by molar-refractivity contribution is 0.161. The Morgan fingerprint density at radius 3 is 2.94 bits per heavy atom. The predicted molar refractivity (Wildman–Crippen MR) is 69.6 cm³/mol. The maximum Gasteiger partial charge on any atom is 0.212 e. The summed E-state index contributed by atoms with van der Waals surface area (Å²) in [6.45, 7) is 1.29. The molecule has 0 saturated carbocycles. The van der Waals surface area contributed by atoms with Gasteiger partial charge in [0.2, 0.25) is 5.88 Å². The minimum Gasteiger partial charge on any atom is -0.493 e. The van der Waals surface area contributed by atoms with Gasteiger partial charge in [0.05, 0.1) is 23.9 Å². The Morgan fingerprint density at radius 1 is 1.28 bits per heavy atom. The van der Waals surface area contributed by atoms with Crippen LogP contribution in [0, 0.1) is 0 Å². The van der Waals surface area contributed by atoms with E-state index < -0.39 is 0 Å². The molecule has 0 atom stereocenters. The highest BCUT2D eigenvalue weighted by Gasteiger charge is 2.11. The highest BCUT2D eigenvalue weighted by atomic mass is 35.5. The molecule has 0 aliphatic carbocycles. The summed E-state index contributed by atoms with van der Waals surface area (Å²) in [7, 11) is 0. The molecular formula is C13H11ClN2O2. The van der Waals surface area contributed by atoms with E-state index in [2.05, 4.69) is 9.97 Å². The van der Waals surface area contributed by atoms with E-state index in [4.69, 9.17) is 16.3 Å². The van der Waals surface area contributed by atoms with E-state index in [-0.39, 0.29) is 5.88 Å². The summed E-state index contributed by atoms with van der Waals surface area (Å²) in [5.41, 5.74) is 2.37. The molecule has 1 aliphatic heterocycles. The lowest BCUT2D eigenvalue weighted by atomic mass is 10.1. The highest BCUT2D eigenvalue weighted by Crippen LogP contribution is 2.28. The second-order valence-corrected chi connectivity index (χ2v) is 4.49. The van der Waals surface area contributed by atoms with Crippen molar-refractivity contribution in [2.24, 2.45) is 0 Å². The summed E-state index contributed by atoms with van der Waals surface area (Å²) in [6.07, 6.45) is 2.81. The SMILES string of the molecule is Oc1ccc2c(Cl)cc(C3=CCOCC3)nc2n1. The lowest BCUT2D eigenvalue weighted by Gasteiger charge is -2.13. The van der Waals surface area contributed by atoms with Crippen molar-refractivity contribution >= 4 is 28.2 Å². The van der Waals surface area contributed by atoms with Crippen LogP contribution in [0.15, 0.2) is 24.3 Å². The Hall–Kier alpha value is -1.65. The van der Waals surface area contributed by atoms with Crippen molar-refractivity contribution in [3.8, 4) is 5.88 Å². The molecule has 2 aromatic heterocycles. The number of pyridine rings is 2. The van der Waals surface area contributed by atoms with E-state index in [0.717, 1.165) is 23.1 Å². The van der Waals surface area contributed by atoms with E-state index in [0.29, 0.717) is 23.9 Å². The van der Waals surface area contributed by atoms with E-state index in [1.54, 1.807) is 6.07 Å². The van der Waals surface area contributed by atoms with Crippen molar-refractivity contribution in [1.29, 1.82) is 0 Å². The smallest absolute Gasteiger partial charge is 0.212 e. The summed E-state index contributed by atoms with van der Waals surface area (Å²) >= 11 is 6.21. The molecule has 0 amide bonds. The fourth-order valence-corrected chi connectivity index (χ4v) is 2.23. The second-order valence-electron chi connectivity index (χ2n) is 4.08. The number of rotatable bonds is 1. The monoisotopic (exact) mass is 262 g/mol. The van der Waals surface area contributed by atoms with E-state index in [1.165, 1.54) is 6.07 Å². The zero-order chi connectivity index (χ0) is 12.5. The second kappa shape index (κ2) is 4.55. The van der Waals surface area contributed by atoms with E-state index in [1.807, 2.05) is 12.1 Å². The molecule has 0 fully saturated rings. The Bertz CT molecular complexity index is 640. The molecule has 0 spiro atoms. The zero-order valence-electron chi connectivity index (χ0n) is 9.56. The van der Waals surface area contributed by atoms with Crippen LogP contribution >= 0.6 is 11.6 Å².